The smallest absolute Gasteiger partial charge is 0.254 e. The Bertz CT molecular complexity index is 1460. The molecule has 202 valence electrons. The number of phenols is 2. The summed E-state index contributed by atoms with van der Waals surface area (Å²) in [6, 6.07) is 12.7. The Morgan fingerprint density at radius 1 is 0.923 bits per heavy atom. The van der Waals surface area contributed by atoms with Gasteiger partial charge >= 0.3 is 0 Å². The van der Waals surface area contributed by atoms with Gasteiger partial charge in [-0.05, 0) is 49.7 Å². The molecular weight excluding hydrogens is 504 g/mol. The Kier molecular flexibility index (Phi) is 7.68. The van der Waals surface area contributed by atoms with Crippen LogP contribution in [0.1, 0.15) is 61.6 Å². The average Bonchev–Trinajstić information content (AvgIpc) is 2.88. The number of nitrogens with two attached hydrogens (primary N) is 1. The SMILES string of the molecule is CC(C)N(CC(O)COc1ccc(CC(N)=O)cc1)C(=O)c1cc(O)c2c(c1)C(=O)c1cccc(O)c1C2=O. The van der Waals surface area contributed by atoms with Crippen molar-refractivity contribution in [3.63, 3.8) is 0 Å². The van der Waals surface area contributed by atoms with Gasteiger partial charge < -0.3 is 30.7 Å². The lowest BCUT2D eigenvalue weighted by molar-refractivity contribution is -0.117. The maximum absolute atomic E-state index is 13.4. The zero-order valence-electron chi connectivity index (χ0n) is 21.4. The lowest BCUT2D eigenvalue weighted by atomic mass is 9.82. The molecule has 0 aliphatic heterocycles. The first-order valence-electron chi connectivity index (χ1n) is 12.2. The van der Waals surface area contributed by atoms with Gasteiger partial charge in [-0.3, -0.25) is 19.2 Å². The van der Waals surface area contributed by atoms with Gasteiger partial charge in [0, 0.05) is 22.7 Å². The number of aliphatic hydroxyl groups excluding tert-OH is 1. The number of ether oxygens (including phenoxy) is 1. The second-order valence-electron chi connectivity index (χ2n) is 9.58. The molecule has 10 nitrogen and oxygen atoms in total. The summed E-state index contributed by atoms with van der Waals surface area (Å²) in [5.74, 6) is -2.82. The number of aromatic hydroxyl groups is 2. The maximum Gasteiger partial charge on any atom is 0.254 e. The Balaban J connectivity index is 1.51. The van der Waals surface area contributed by atoms with Crippen molar-refractivity contribution in [2.24, 2.45) is 5.73 Å². The first-order valence-corrected chi connectivity index (χ1v) is 12.2. The second kappa shape index (κ2) is 11.0. The summed E-state index contributed by atoms with van der Waals surface area (Å²) in [6.45, 7) is 3.25. The van der Waals surface area contributed by atoms with Crippen LogP contribution >= 0.6 is 0 Å². The summed E-state index contributed by atoms with van der Waals surface area (Å²) in [6.07, 6.45) is -0.979. The number of benzene rings is 3. The van der Waals surface area contributed by atoms with E-state index in [1.807, 2.05) is 0 Å². The van der Waals surface area contributed by atoms with Gasteiger partial charge in [0.2, 0.25) is 11.7 Å². The molecule has 39 heavy (non-hydrogen) atoms. The van der Waals surface area contributed by atoms with Gasteiger partial charge in [-0.2, -0.15) is 0 Å². The molecule has 0 spiro atoms. The maximum atomic E-state index is 13.4. The molecule has 10 heteroatoms. The Morgan fingerprint density at radius 3 is 2.23 bits per heavy atom. The summed E-state index contributed by atoms with van der Waals surface area (Å²) >= 11 is 0. The predicted molar refractivity (Wildman–Crippen MR) is 140 cm³/mol. The lowest BCUT2D eigenvalue weighted by Gasteiger charge is -2.29. The van der Waals surface area contributed by atoms with Crippen molar-refractivity contribution in [3.05, 3.63) is 88.0 Å². The molecule has 1 unspecified atom stereocenters. The number of aliphatic hydroxyl groups is 1. The molecule has 3 aromatic carbocycles. The summed E-state index contributed by atoms with van der Waals surface area (Å²) in [5, 5.41) is 31.4. The largest absolute Gasteiger partial charge is 0.507 e. The van der Waals surface area contributed by atoms with Gasteiger partial charge in [-0.1, -0.05) is 24.3 Å². The molecule has 3 aromatic rings. The number of hydrogen-bond acceptors (Lipinski definition) is 8. The van der Waals surface area contributed by atoms with Crippen molar-refractivity contribution in [1.29, 1.82) is 0 Å². The summed E-state index contributed by atoms with van der Waals surface area (Å²) in [5.41, 5.74) is 5.23. The number of primary amides is 1. The number of carbonyl (C=O) groups excluding carboxylic acids is 4. The van der Waals surface area contributed by atoms with E-state index in [-0.39, 0.29) is 59.2 Å². The molecule has 1 aliphatic carbocycles. The summed E-state index contributed by atoms with van der Waals surface area (Å²) in [7, 11) is 0. The number of hydrogen-bond donors (Lipinski definition) is 4. The van der Waals surface area contributed by atoms with Crippen LogP contribution in [0, 0.1) is 0 Å². The third-order valence-corrected chi connectivity index (χ3v) is 6.39. The van der Waals surface area contributed by atoms with E-state index >= 15 is 0 Å². The lowest BCUT2D eigenvalue weighted by Crippen LogP contribution is -2.43. The fraction of sp³-hybridized carbons (Fsp3) is 0.241. The number of amides is 2. The number of ketones is 2. The molecule has 1 atom stereocenters. The fourth-order valence-corrected chi connectivity index (χ4v) is 4.48. The molecule has 0 bridgehead atoms. The van der Waals surface area contributed by atoms with E-state index < -0.39 is 35.2 Å². The van der Waals surface area contributed by atoms with Gasteiger partial charge in [0.1, 0.15) is 30.0 Å². The molecule has 5 N–H and O–H groups in total. The standard InChI is InChI=1S/C29H28N2O8/c1-15(2)31(13-18(32)14-39-19-8-6-16(7-9-19)10-24(30)35)29(38)17-11-21-26(23(34)12-17)28(37)25-20(27(21)36)4-3-5-22(25)33/h3-9,11-12,15,18,32-34H,10,13-14H2,1-2H3,(H2,30,35). The molecule has 2 amide bonds. The highest BCUT2D eigenvalue weighted by molar-refractivity contribution is 6.30. The van der Waals surface area contributed by atoms with Gasteiger partial charge in [0.15, 0.2) is 5.78 Å². The Morgan fingerprint density at radius 2 is 1.59 bits per heavy atom. The monoisotopic (exact) mass is 532 g/mol. The van der Waals surface area contributed by atoms with Crippen LogP contribution in [0.5, 0.6) is 17.2 Å². The van der Waals surface area contributed by atoms with Crippen molar-refractivity contribution < 1.29 is 39.2 Å². The second-order valence-corrected chi connectivity index (χ2v) is 9.58. The number of nitrogens with zero attached hydrogens (tertiary/aromatic N) is 1. The number of phenolic OH excluding ortho intramolecular Hbond substituents is 2. The van der Waals surface area contributed by atoms with E-state index in [1.54, 1.807) is 38.1 Å². The normalized spacial score (nSPS) is 13.0. The van der Waals surface area contributed by atoms with Crippen LogP contribution in [0.25, 0.3) is 0 Å². The summed E-state index contributed by atoms with van der Waals surface area (Å²) in [4.78, 5) is 51.9. The van der Waals surface area contributed by atoms with Crippen molar-refractivity contribution >= 4 is 23.4 Å². The highest BCUT2D eigenvalue weighted by Crippen LogP contribution is 2.37. The molecule has 0 radical (unpaired) electrons. The number of rotatable bonds is 9. The quantitative estimate of drug-likeness (QED) is 0.254. The van der Waals surface area contributed by atoms with E-state index in [9.17, 15) is 34.5 Å². The first kappa shape index (κ1) is 27.3. The van der Waals surface area contributed by atoms with Crippen LogP contribution in [0.4, 0.5) is 0 Å². The van der Waals surface area contributed by atoms with Crippen molar-refractivity contribution in [3.8, 4) is 17.2 Å². The van der Waals surface area contributed by atoms with Gasteiger partial charge in [-0.25, -0.2) is 0 Å². The minimum absolute atomic E-state index is 0.0209. The molecule has 0 saturated heterocycles. The van der Waals surface area contributed by atoms with Gasteiger partial charge in [0.05, 0.1) is 24.1 Å². The van der Waals surface area contributed by atoms with E-state index in [2.05, 4.69) is 0 Å². The van der Waals surface area contributed by atoms with E-state index in [1.165, 1.54) is 29.2 Å². The highest BCUT2D eigenvalue weighted by atomic mass is 16.5. The Hall–Kier alpha value is -4.70. The molecule has 0 fully saturated rings. The molecule has 4 rings (SSSR count). The average molecular weight is 533 g/mol. The van der Waals surface area contributed by atoms with E-state index in [0.29, 0.717) is 5.75 Å². The van der Waals surface area contributed by atoms with Gasteiger partial charge in [0.25, 0.3) is 5.91 Å². The zero-order chi connectivity index (χ0) is 28.4. The minimum atomic E-state index is -1.08. The fourth-order valence-electron chi connectivity index (χ4n) is 4.48. The van der Waals surface area contributed by atoms with Crippen LogP contribution < -0.4 is 10.5 Å². The minimum Gasteiger partial charge on any atom is -0.507 e. The zero-order valence-corrected chi connectivity index (χ0v) is 21.4. The van der Waals surface area contributed by atoms with Crippen molar-refractivity contribution in [2.75, 3.05) is 13.2 Å². The van der Waals surface area contributed by atoms with Crippen LogP contribution in [-0.2, 0) is 11.2 Å². The number of carbonyl (C=O) groups is 4. The highest BCUT2D eigenvalue weighted by Gasteiger charge is 2.35. The third-order valence-electron chi connectivity index (χ3n) is 6.39. The molecule has 1 aliphatic rings. The predicted octanol–water partition coefficient (Wildman–Crippen LogP) is 2.19. The van der Waals surface area contributed by atoms with Crippen molar-refractivity contribution in [2.45, 2.75) is 32.4 Å². The summed E-state index contributed by atoms with van der Waals surface area (Å²) < 4.78 is 5.61. The third kappa shape index (κ3) is 5.60. The van der Waals surface area contributed by atoms with Crippen LogP contribution in [0.3, 0.4) is 0 Å². The number of fused-ring (bicyclic) bond motifs is 2. The molecule has 0 saturated carbocycles. The topological polar surface area (TPSA) is 167 Å². The molecule has 0 heterocycles. The molecular formula is C29H28N2O8. The first-order chi connectivity index (χ1) is 18.5. The van der Waals surface area contributed by atoms with E-state index in [0.717, 1.165) is 11.6 Å². The van der Waals surface area contributed by atoms with Gasteiger partial charge in [-0.15, -0.1) is 0 Å². The van der Waals surface area contributed by atoms with E-state index in [4.69, 9.17) is 10.5 Å². The van der Waals surface area contributed by atoms with Crippen molar-refractivity contribution in [1.82, 2.24) is 4.90 Å². The Labute approximate surface area is 224 Å². The molecule has 0 aromatic heterocycles. The van der Waals surface area contributed by atoms with Crippen LogP contribution in [-0.4, -0.2) is 68.9 Å². The van der Waals surface area contributed by atoms with Crippen LogP contribution in [0.2, 0.25) is 0 Å². The van der Waals surface area contributed by atoms with Crippen LogP contribution in [0.15, 0.2) is 54.6 Å².